The highest BCUT2D eigenvalue weighted by Crippen LogP contribution is 2.47. The molecule has 0 spiro atoms. The molecule has 0 unspecified atom stereocenters. The number of morpholine rings is 1. The number of nitrogens with one attached hydrogen (secondary N) is 4. The highest BCUT2D eigenvalue weighted by Gasteiger charge is 2.51. The summed E-state index contributed by atoms with van der Waals surface area (Å²) in [5.41, 5.74) is 21.8. The van der Waals surface area contributed by atoms with E-state index in [1.165, 1.54) is 40.0 Å². The number of nitrogens with zero attached hydrogens (tertiary/aromatic N) is 6. The number of fused-ring (bicyclic) bond motifs is 3. The molecule has 6 aliphatic heterocycles. The van der Waals surface area contributed by atoms with Crippen molar-refractivity contribution in [2.45, 2.75) is 287 Å². The number of piperidine rings is 2. The van der Waals surface area contributed by atoms with Crippen LogP contribution in [0.3, 0.4) is 0 Å². The third-order valence-electron chi connectivity index (χ3n) is 33.6. The Hall–Kier alpha value is -8.53. The number of rotatable bonds is 30. The molecule has 9 heterocycles. The molecule has 12 aliphatic rings. The summed E-state index contributed by atoms with van der Waals surface area (Å²) >= 11 is 0. The summed E-state index contributed by atoms with van der Waals surface area (Å²) in [6, 6.07) is 17.8. The first kappa shape index (κ1) is 105. The van der Waals surface area contributed by atoms with Crippen LogP contribution in [0.2, 0.25) is 0 Å². The molecule has 18 rings (SSSR count). The normalized spacial score (nSPS) is 27.1. The minimum Gasteiger partial charge on any atom is -0.451 e. The predicted octanol–water partition coefficient (Wildman–Crippen LogP) is 13.3. The van der Waals surface area contributed by atoms with Crippen molar-refractivity contribution in [2.24, 2.45) is 88.2 Å². The fraction of sp³-hybridized carbons (Fsp3) is 0.683. The molecule has 10 N–H and O–H groups in total. The smallest absolute Gasteiger partial charge is 0.304 e. The van der Waals surface area contributed by atoms with E-state index in [0.717, 1.165) is 194 Å². The van der Waals surface area contributed by atoms with E-state index in [9.17, 15) is 81.6 Å². The number of nitrogens with two attached hydrogens (primary N) is 3. The van der Waals surface area contributed by atoms with E-state index in [2.05, 4.69) is 19.2 Å². The molecular weight excluding hydrogens is 1870 g/mol. The topological polar surface area (TPSA) is 441 Å². The summed E-state index contributed by atoms with van der Waals surface area (Å²) < 4.78 is 143. The van der Waals surface area contributed by atoms with Crippen LogP contribution in [-0.4, -0.2) is 239 Å². The van der Waals surface area contributed by atoms with Gasteiger partial charge in [0.15, 0.2) is 28.9 Å². The van der Waals surface area contributed by atoms with Gasteiger partial charge in [-0.2, -0.15) is 38.2 Å². The van der Waals surface area contributed by atoms with Crippen molar-refractivity contribution >= 4 is 116 Å². The average molecular weight is 2020 g/mol. The number of hydrogen-bond acceptors (Lipinski definition) is 21. The summed E-state index contributed by atoms with van der Waals surface area (Å²) in [5.74, 6) is -0.970. The molecule has 3 aromatic heterocycles. The summed E-state index contributed by atoms with van der Waals surface area (Å²) in [6.07, 6.45) is 33.4. The van der Waals surface area contributed by atoms with Gasteiger partial charge in [0, 0.05) is 136 Å². The van der Waals surface area contributed by atoms with E-state index in [-0.39, 0.29) is 151 Å². The number of amides is 6. The number of carbonyl (C=O) groups is 9. The fourth-order valence-electron chi connectivity index (χ4n) is 25.7. The van der Waals surface area contributed by atoms with Crippen LogP contribution in [0.25, 0.3) is 32.8 Å². The zero-order chi connectivity index (χ0) is 99.4. The Labute approximate surface area is 827 Å². The van der Waals surface area contributed by atoms with Gasteiger partial charge in [0.05, 0.1) is 31.3 Å². The second kappa shape index (κ2) is 47.8. The molecule has 6 saturated carbocycles. The molecule has 3 aromatic carbocycles. The van der Waals surface area contributed by atoms with Gasteiger partial charge in [-0.15, -0.1) is 0 Å². The van der Waals surface area contributed by atoms with Crippen molar-refractivity contribution in [2.75, 3.05) is 92.1 Å². The van der Waals surface area contributed by atoms with Gasteiger partial charge in [0.2, 0.25) is 17.7 Å². The molecule has 9 atom stereocenters. The minimum absolute atomic E-state index is 0.0111. The van der Waals surface area contributed by atoms with Gasteiger partial charge in [0.25, 0.3) is 5.91 Å². The number of ketones is 3. The van der Waals surface area contributed by atoms with E-state index in [4.69, 9.17) is 30.8 Å². The van der Waals surface area contributed by atoms with Crippen LogP contribution in [-0.2, 0) is 83.4 Å². The zero-order valence-electron chi connectivity index (χ0n) is 81.4. The van der Waals surface area contributed by atoms with Gasteiger partial charge in [-0.25, -0.2) is 27.3 Å². The molecule has 31 nitrogen and oxygen atoms in total. The Morgan fingerprint density at radius 3 is 0.986 bits per heavy atom. The molecule has 6 amide bonds. The predicted molar refractivity (Wildman–Crippen MR) is 528 cm³/mol. The van der Waals surface area contributed by atoms with Crippen molar-refractivity contribution in [1.29, 1.82) is 0 Å². The first-order valence-electron chi connectivity index (χ1n) is 52.6. The van der Waals surface area contributed by atoms with Gasteiger partial charge >= 0.3 is 42.4 Å². The van der Waals surface area contributed by atoms with Gasteiger partial charge in [0.1, 0.15) is 36.9 Å². The first-order valence-corrected chi connectivity index (χ1v) is 56.9. The maximum absolute atomic E-state index is 14.2. The summed E-state index contributed by atoms with van der Waals surface area (Å²) in [4.78, 5) is 132. The second-order valence-electron chi connectivity index (χ2n) is 42.5. The zero-order valence-corrected chi connectivity index (χ0v) is 83.9. The summed E-state index contributed by atoms with van der Waals surface area (Å²) in [6.45, 7) is 2.49. The Morgan fingerprint density at radius 1 is 0.348 bits per heavy atom. The second-order valence-corrected chi connectivity index (χ2v) is 47.5. The van der Waals surface area contributed by atoms with Gasteiger partial charge < -0.3 is 50.5 Å². The molecule has 141 heavy (non-hydrogen) atoms. The molecule has 6 aromatic rings. The third-order valence-corrected chi connectivity index (χ3v) is 38.1. The largest absolute Gasteiger partial charge is 0.451 e. The van der Waals surface area contributed by atoms with Crippen molar-refractivity contribution in [1.82, 2.24) is 46.8 Å². The lowest BCUT2D eigenvalue weighted by Gasteiger charge is -2.37. The lowest BCUT2D eigenvalue weighted by atomic mass is 9.75. The Balaban J connectivity index is 0.000000152. The molecule has 0 bridgehead atoms. The van der Waals surface area contributed by atoms with E-state index in [1.807, 2.05) is 32.9 Å². The SMILES string of the molecule is N[C@H](CF)C1CCC(C(=O)N2CC[C@@H](C3CCCCC3)[C@H]2C(=O)Cc2ccc3[nH]c(C(=O)NS(=O)(=O)N4CCCCC4)cc3c2)CC1.N[C@H](CF)C1CCC(C(=O)N2CC[C@@H](C3CCCCC3)[C@H]2C(=O)Cc2ccc3oc(C(=O)NS(=O)(=O)N4CCCCC4)cc3c2)CC1.N[C@H](CF)C1CCC(C(=O)N2CC[C@@H](C3CCCCC3)[C@H]2C(=O)Cc2ccc3oc(C(=O)NS(=O)(=O)N4CCOCC4)cc3c2)CC1. The number of Topliss-reactive ketones (excluding diaryl/α,β-unsaturated/α-hetero) is 3. The van der Waals surface area contributed by atoms with Crippen molar-refractivity contribution in [3.05, 3.63) is 107 Å². The van der Waals surface area contributed by atoms with E-state index in [0.29, 0.717) is 135 Å². The highest BCUT2D eigenvalue weighted by atomic mass is 32.2. The number of furan rings is 2. The van der Waals surface area contributed by atoms with Crippen molar-refractivity contribution in [3.63, 3.8) is 0 Å². The maximum atomic E-state index is 14.2. The third kappa shape index (κ3) is 25.4. The van der Waals surface area contributed by atoms with Crippen LogP contribution in [0.4, 0.5) is 13.2 Å². The Kier molecular flexibility index (Phi) is 35.7. The maximum Gasteiger partial charge on any atom is 0.304 e. The quantitative estimate of drug-likeness (QED) is 0.0220. The Bertz CT molecular complexity index is 5180. The fourth-order valence-corrected chi connectivity index (χ4v) is 29.2. The number of carbonyl (C=O) groups excluding carboxylic acids is 9. The van der Waals surface area contributed by atoms with E-state index < -0.39 is 105 Å². The standard InChI is InChI=1S/C35H50FN5O5S.C35H49FN4O6S.C34H47FN4O7S/c36-22-29(37)25-10-12-26(13-11-25)35(44)41-18-15-28(24-7-3-1-4-8-24)33(41)32(42)20-23-9-14-30-27(19-23)21-31(38-30)34(43)39-47(45,46)40-16-5-2-6-17-40;36-22-29(37)25-10-12-26(13-11-25)35(43)40-18-15-28(24-7-3-1-4-8-24)33(40)30(41)20-23-9-14-31-27(19-23)21-32(46-31)34(42)38-47(44,45)39-16-5-2-6-17-39;35-21-28(36)24-7-9-25(10-8-24)34(42)39-13-12-27(23-4-2-1-3-5-23)32(39)29(40)19-22-6-11-30-26(18-22)20-31(46-30)33(41)37-47(43,44)38-14-16-45-17-15-38/h9,14,19,21,24-26,28-29,33,38H,1-8,10-13,15-18,20,22,37H2,(H,39,43);9,14,19,21,24-26,28-29,33H,1-8,10-13,15-18,20,22,37H2,(H,38,42);6,11,18,20,23-25,27-28,32H,1-5,7-10,12-17,19,21,36H2,(H,37,41)/t2*25?,26?,28-,29+,33-;24?,25?,27-,28+,32-/m000/s1. The van der Waals surface area contributed by atoms with Crippen LogP contribution in [0, 0.1) is 71.0 Å². The van der Waals surface area contributed by atoms with Crippen LogP contribution >= 0.6 is 0 Å². The number of halogens is 3. The molecule has 774 valence electrons. The highest BCUT2D eigenvalue weighted by molar-refractivity contribution is 7.88. The number of H-pyrrole nitrogens is 1. The number of likely N-dealkylation sites (tertiary alicyclic amines) is 3. The number of aromatic nitrogens is 1. The number of alkyl halides is 3. The van der Waals surface area contributed by atoms with Crippen LogP contribution in [0.5, 0.6) is 0 Å². The van der Waals surface area contributed by atoms with Crippen LogP contribution in [0.1, 0.15) is 279 Å². The van der Waals surface area contributed by atoms with Crippen LogP contribution in [0.15, 0.2) is 81.6 Å². The molecular formula is C104H146F3N13O18S3. The average Bonchev–Trinajstić information content (AvgIpc) is 1.63. The molecule has 6 aliphatic carbocycles. The lowest BCUT2D eigenvalue weighted by molar-refractivity contribution is -0.143. The molecule has 37 heteroatoms. The lowest BCUT2D eigenvalue weighted by Crippen LogP contribution is -2.48. The minimum atomic E-state index is -4.05. The summed E-state index contributed by atoms with van der Waals surface area (Å²) in [7, 11) is -11.9. The summed E-state index contributed by atoms with van der Waals surface area (Å²) in [5, 5.41) is 1.89. The molecule has 12 fully saturated rings. The van der Waals surface area contributed by atoms with Crippen molar-refractivity contribution < 1.29 is 95.1 Å². The number of benzene rings is 3. The molecule has 0 radical (unpaired) electrons. The van der Waals surface area contributed by atoms with E-state index >= 15 is 0 Å². The molecule has 6 saturated heterocycles. The first-order chi connectivity index (χ1) is 67.9. The Morgan fingerprint density at radius 2 is 0.652 bits per heavy atom. The number of hydrogen-bond donors (Lipinski definition) is 7. The number of aromatic amines is 1. The van der Waals surface area contributed by atoms with Crippen molar-refractivity contribution in [3.8, 4) is 0 Å². The van der Waals surface area contributed by atoms with Gasteiger partial charge in [-0.05, 0) is 247 Å². The number of ether oxygens (including phenoxy) is 1. The monoisotopic (exact) mass is 2020 g/mol. The van der Waals surface area contributed by atoms with Gasteiger partial charge in [-0.1, -0.05) is 127 Å². The van der Waals surface area contributed by atoms with E-state index in [1.54, 1.807) is 42.5 Å². The van der Waals surface area contributed by atoms with Crippen LogP contribution < -0.4 is 31.4 Å². The van der Waals surface area contributed by atoms with Gasteiger partial charge in [-0.3, -0.25) is 43.2 Å².